The highest BCUT2D eigenvalue weighted by Crippen LogP contribution is 2.01. The Kier molecular flexibility index (Phi) is 1.88. The van der Waals surface area contributed by atoms with E-state index in [1.165, 1.54) is 13.4 Å². The van der Waals surface area contributed by atoms with Gasteiger partial charge in [-0.3, -0.25) is 0 Å². The van der Waals surface area contributed by atoms with Crippen LogP contribution < -0.4 is 0 Å². The lowest BCUT2D eigenvalue weighted by molar-refractivity contribution is 0.0594. The van der Waals surface area contributed by atoms with Gasteiger partial charge < -0.3 is 9.72 Å². The van der Waals surface area contributed by atoms with Crippen LogP contribution in [0.1, 0.15) is 16.2 Å². The number of rotatable bonds is 1. The summed E-state index contributed by atoms with van der Waals surface area (Å²) in [6.45, 7) is 0. The second-order valence-electron chi connectivity index (χ2n) is 1.73. The van der Waals surface area contributed by atoms with Crippen molar-refractivity contribution in [3.8, 4) is 6.07 Å². The van der Waals surface area contributed by atoms with Crippen LogP contribution in [0.3, 0.4) is 0 Å². The first kappa shape index (κ1) is 7.28. The highest BCUT2D eigenvalue weighted by atomic mass is 16.5. The summed E-state index contributed by atoms with van der Waals surface area (Å²) < 4.78 is 4.38. The Labute approximate surface area is 62.6 Å². The second kappa shape index (κ2) is 2.84. The van der Waals surface area contributed by atoms with E-state index < -0.39 is 5.97 Å². The summed E-state index contributed by atoms with van der Waals surface area (Å²) >= 11 is 0. The van der Waals surface area contributed by atoms with Crippen molar-refractivity contribution in [3.05, 3.63) is 17.7 Å². The molecule has 0 aliphatic rings. The van der Waals surface area contributed by atoms with Crippen LogP contribution in [0.4, 0.5) is 0 Å². The Morgan fingerprint density at radius 1 is 1.91 bits per heavy atom. The molecule has 1 rings (SSSR count). The summed E-state index contributed by atoms with van der Waals surface area (Å²) in [5.74, 6) is -0.584. The Morgan fingerprint density at radius 2 is 2.64 bits per heavy atom. The maximum absolute atomic E-state index is 10.8. The standard InChI is InChI=1S/C6H5N3O2/c1-11-6(10)5-4(2-7)8-3-9-5/h3H,1H3,(H,8,9). The number of hydrogen-bond acceptors (Lipinski definition) is 4. The topological polar surface area (TPSA) is 78.8 Å². The number of aromatic nitrogens is 2. The summed E-state index contributed by atoms with van der Waals surface area (Å²) in [6, 6.07) is 1.75. The number of methoxy groups -OCH3 is 1. The molecule has 11 heavy (non-hydrogen) atoms. The van der Waals surface area contributed by atoms with Crippen molar-refractivity contribution in [2.24, 2.45) is 0 Å². The molecule has 0 radical (unpaired) electrons. The minimum atomic E-state index is -0.584. The number of nitrogens with one attached hydrogen (secondary N) is 1. The zero-order valence-electron chi connectivity index (χ0n) is 5.79. The molecule has 0 fully saturated rings. The molecule has 0 unspecified atom stereocenters. The fourth-order valence-corrected chi connectivity index (χ4v) is 0.637. The first-order chi connectivity index (χ1) is 5.29. The van der Waals surface area contributed by atoms with Crippen LogP contribution in [0.2, 0.25) is 0 Å². The predicted molar refractivity (Wildman–Crippen MR) is 34.6 cm³/mol. The molecule has 0 aliphatic heterocycles. The zero-order chi connectivity index (χ0) is 8.27. The summed E-state index contributed by atoms with van der Waals surface area (Å²) in [7, 11) is 1.24. The van der Waals surface area contributed by atoms with Crippen LogP contribution in [0.5, 0.6) is 0 Å². The van der Waals surface area contributed by atoms with E-state index in [1.54, 1.807) is 6.07 Å². The van der Waals surface area contributed by atoms with Gasteiger partial charge in [0.05, 0.1) is 13.4 Å². The number of carbonyl (C=O) groups is 1. The first-order valence-corrected chi connectivity index (χ1v) is 2.81. The second-order valence-corrected chi connectivity index (χ2v) is 1.73. The molecule has 0 aromatic carbocycles. The Morgan fingerprint density at radius 3 is 3.18 bits per heavy atom. The Hall–Kier alpha value is -1.83. The van der Waals surface area contributed by atoms with E-state index in [0.717, 1.165) is 0 Å². The van der Waals surface area contributed by atoms with Gasteiger partial charge in [0.2, 0.25) is 0 Å². The lowest BCUT2D eigenvalue weighted by Crippen LogP contribution is -2.03. The number of hydrogen-bond donors (Lipinski definition) is 1. The number of nitrogens with zero attached hydrogens (tertiary/aromatic N) is 2. The van der Waals surface area contributed by atoms with Gasteiger partial charge in [0, 0.05) is 0 Å². The zero-order valence-corrected chi connectivity index (χ0v) is 5.79. The molecule has 0 aliphatic carbocycles. The largest absolute Gasteiger partial charge is 0.464 e. The van der Waals surface area contributed by atoms with E-state index in [1.807, 2.05) is 0 Å². The molecule has 0 saturated carbocycles. The third-order valence-corrected chi connectivity index (χ3v) is 1.13. The summed E-state index contributed by atoms with van der Waals surface area (Å²) in [5, 5.41) is 8.41. The minimum Gasteiger partial charge on any atom is -0.464 e. The van der Waals surface area contributed by atoms with Gasteiger partial charge in [-0.15, -0.1) is 0 Å². The SMILES string of the molecule is COC(=O)c1[nH]cnc1C#N. The van der Waals surface area contributed by atoms with Gasteiger partial charge >= 0.3 is 5.97 Å². The molecule has 0 saturated heterocycles. The van der Waals surface area contributed by atoms with Crippen molar-refractivity contribution >= 4 is 5.97 Å². The smallest absolute Gasteiger partial charge is 0.357 e. The van der Waals surface area contributed by atoms with Crippen molar-refractivity contribution in [2.45, 2.75) is 0 Å². The van der Waals surface area contributed by atoms with E-state index in [-0.39, 0.29) is 11.4 Å². The van der Waals surface area contributed by atoms with Crippen LogP contribution >= 0.6 is 0 Å². The fraction of sp³-hybridized carbons (Fsp3) is 0.167. The van der Waals surface area contributed by atoms with Crippen LogP contribution in [0.25, 0.3) is 0 Å². The number of esters is 1. The summed E-state index contributed by atoms with van der Waals surface area (Å²) in [4.78, 5) is 16.9. The van der Waals surface area contributed by atoms with Crippen molar-refractivity contribution in [1.29, 1.82) is 5.26 Å². The summed E-state index contributed by atoms with van der Waals surface area (Å²) in [5.41, 5.74) is 0.145. The van der Waals surface area contributed by atoms with Crippen LogP contribution in [0, 0.1) is 11.3 Å². The summed E-state index contributed by atoms with van der Waals surface area (Å²) in [6.07, 6.45) is 1.27. The minimum absolute atomic E-state index is 0.0526. The quantitative estimate of drug-likeness (QED) is 0.576. The monoisotopic (exact) mass is 151 g/mol. The lowest BCUT2D eigenvalue weighted by Gasteiger charge is -1.92. The van der Waals surface area contributed by atoms with E-state index in [9.17, 15) is 4.79 Å². The normalized spacial score (nSPS) is 8.73. The van der Waals surface area contributed by atoms with Gasteiger partial charge in [0.15, 0.2) is 11.4 Å². The number of carbonyl (C=O) groups excluding carboxylic acids is 1. The van der Waals surface area contributed by atoms with Crippen LogP contribution in [-0.2, 0) is 4.74 Å². The molecule has 5 heteroatoms. The molecule has 0 atom stereocenters. The van der Waals surface area contributed by atoms with E-state index in [0.29, 0.717) is 0 Å². The Balaban J connectivity index is 3.05. The average molecular weight is 151 g/mol. The molecule has 0 amide bonds. The van der Waals surface area contributed by atoms with Crippen molar-refractivity contribution in [3.63, 3.8) is 0 Å². The molecule has 5 nitrogen and oxygen atoms in total. The molecule has 1 aromatic rings. The van der Waals surface area contributed by atoms with E-state index in [2.05, 4.69) is 14.7 Å². The first-order valence-electron chi connectivity index (χ1n) is 2.81. The molecular weight excluding hydrogens is 146 g/mol. The fourth-order valence-electron chi connectivity index (χ4n) is 0.637. The maximum Gasteiger partial charge on any atom is 0.357 e. The average Bonchev–Trinajstić information content (AvgIpc) is 2.50. The van der Waals surface area contributed by atoms with Crippen molar-refractivity contribution < 1.29 is 9.53 Å². The molecule has 56 valence electrons. The number of H-pyrrole nitrogens is 1. The maximum atomic E-state index is 10.8. The van der Waals surface area contributed by atoms with E-state index >= 15 is 0 Å². The number of nitriles is 1. The third kappa shape index (κ3) is 1.19. The van der Waals surface area contributed by atoms with Gasteiger partial charge in [0.1, 0.15) is 6.07 Å². The highest BCUT2D eigenvalue weighted by Gasteiger charge is 2.13. The Bertz CT molecular complexity index is 310. The third-order valence-electron chi connectivity index (χ3n) is 1.13. The van der Waals surface area contributed by atoms with Crippen LogP contribution in [-0.4, -0.2) is 23.0 Å². The molecular formula is C6H5N3O2. The van der Waals surface area contributed by atoms with Gasteiger partial charge in [-0.2, -0.15) is 5.26 Å². The van der Waals surface area contributed by atoms with Gasteiger partial charge in [-0.1, -0.05) is 0 Å². The molecule has 0 bridgehead atoms. The molecule has 1 aromatic heterocycles. The van der Waals surface area contributed by atoms with Gasteiger partial charge in [-0.05, 0) is 0 Å². The van der Waals surface area contributed by atoms with E-state index in [4.69, 9.17) is 5.26 Å². The lowest BCUT2D eigenvalue weighted by atomic mass is 10.3. The van der Waals surface area contributed by atoms with Crippen molar-refractivity contribution in [1.82, 2.24) is 9.97 Å². The van der Waals surface area contributed by atoms with Gasteiger partial charge in [-0.25, -0.2) is 9.78 Å². The molecule has 0 spiro atoms. The molecule has 1 heterocycles. The highest BCUT2D eigenvalue weighted by molar-refractivity contribution is 5.89. The van der Waals surface area contributed by atoms with Crippen LogP contribution in [0.15, 0.2) is 6.33 Å². The van der Waals surface area contributed by atoms with Crippen molar-refractivity contribution in [2.75, 3.05) is 7.11 Å². The van der Waals surface area contributed by atoms with Gasteiger partial charge in [0.25, 0.3) is 0 Å². The number of ether oxygens (including phenoxy) is 1. The number of aromatic amines is 1. The number of imidazole rings is 1. The predicted octanol–water partition coefficient (Wildman–Crippen LogP) is 0.0680. The molecule has 1 N–H and O–H groups in total.